The standard InChI is InChI=1S/C53H42N6O/c1-32-16-20-35(21-17-32)34(3)55-51(37-22-18-33(2)19-23-37)57-53(54)59-47-15-9-7-13-42(47)44-28-27-43-41-12-6-8-14-46(41)58(49(43)50(44)59)40-26-29-48-45(31-40)56-52(60-48)39-25-24-36-10-4-5-11-38(36)30-39/h5-9,11-31,34H,4,10H2,1-3H3,(H2,54,55,57). The van der Waals surface area contributed by atoms with Gasteiger partial charge in [-0.15, -0.1) is 0 Å². The largest absolute Gasteiger partial charge is 0.436 e. The van der Waals surface area contributed by atoms with E-state index in [1.807, 2.05) is 6.07 Å². The van der Waals surface area contributed by atoms with Crippen molar-refractivity contribution in [1.82, 2.24) is 14.1 Å². The molecule has 0 bridgehead atoms. The molecule has 3 aromatic heterocycles. The summed E-state index contributed by atoms with van der Waals surface area (Å²) in [6.45, 7) is 6.29. The van der Waals surface area contributed by atoms with Crippen LogP contribution in [-0.4, -0.2) is 25.9 Å². The van der Waals surface area contributed by atoms with E-state index < -0.39 is 0 Å². The first-order valence-electron chi connectivity index (χ1n) is 20.6. The maximum absolute atomic E-state index is 7.32. The number of oxazole rings is 1. The number of amidine groups is 1. The number of fused-ring (bicyclic) bond motifs is 9. The topological polar surface area (TPSA) is 86.6 Å². The van der Waals surface area contributed by atoms with E-state index in [1.54, 1.807) is 0 Å². The van der Waals surface area contributed by atoms with E-state index in [2.05, 4.69) is 182 Å². The average Bonchev–Trinajstić information content (AvgIpc) is 3.96. The molecule has 0 aliphatic heterocycles. The molecule has 1 atom stereocenters. The van der Waals surface area contributed by atoms with Crippen molar-refractivity contribution >= 4 is 72.6 Å². The summed E-state index contributed by atoms with van der Waals surface area (Å²) in [4.78, 5) is 15.5. The lowest BCUT2D eigenvalue weighted by Crippen LogP contribution is -2.24. The van der Waals surface area contributed by atoms with Gasteiger partial charge >= 0.3 is 0 Å². The molecule has 10 aromatic rings. The Morgan fingerprint density at radius 2 is 1.42 bits per heavy atom. The van der Waals surface area contributed by atoms with Crippen molar-refractivity contribution in [3.63, 3.8) is 0 Å². The quantitative estimate of drug-likeness (QED) is 0.139. The highest BCUT2D eigenvalue weighted by molar-refractivity contribution is 6.26. The van der Waals surface area contributed by atoms with E-state index in [-0.39, 0.29) is 6.04 Å². The minimum atomic E-state index is -0.151. The molecule has 0 amide bonds. The molecule has 290 valence electrons. The number of allylic oxidation sites excluding steroid dienone is 1. The van der Waals surface area contributed by atoms with Gasteiger partial charge in [0.1, 0.15) is 5.52 Å². The minimum absolute atomic E-state index is 0.151. The van der Waals surface area contributed by atoms with Crippen LogP contribution < -0.4 is 5.73 Å². The fraction of sp³-hybridized carbons (Fsp3) is 0.113. The second-order valence-corrected chi connectivity index (χ2v) is 16.0. The van der Waals surface area contributed by atoms with Gasteiger partial charge in [-0.25, -0.2) is 4.98 Å². The van der Waals surface area contributed by atoms with Gasteiger partial charge in [-0.05, 0) is 92.8 Å². The van der Waals surface area contributed by atoms with Crippen LogP contribution >= 0.6 is 0 Å². The van der Waals surface area contributed by atoms with Crippen LogP contribution in [0.15, 0.2) is 166 Å². The van der Waals surface area contributed by atoms with Gasteiger partial charge in [-0.1, -0.05) is 126 Å². The predicted octanol–water partition coefficient (Wildman–Crippen LogP) is 12.6. The van der Waals surface area contributed by atoms with Crippen molar-refractivity contribution in [2.24, 2.45) is 15.7 Å². The predicted molar refractivity (Wildman–Crippen MR) is 248 cm³/mol. The molecular formula is C53H42N6O. The number of rotatable bonds is 5. The second kappa shape index (κ2) is 14.1. The van der Waals surface area contributed by atoms with Crippen molar-refractivity contribution in [3.8, 4) is 17.1 Å². The van der Waals surface area contributed by atoms with E-state index in [0.717, 1.165) is 95.5 Å². The van der Waals surface area contributed by atoms with Gasteiger partial charge in [-0.2, -0.15) is 4.99 Å². The van der Waals surface area contributed by atoms with Crippen LogP contribution in [-0.2, 0) is 6.42 Å². The van der Waals surface area contributed by atoms with E-state index in [9.17, 15) is 0 Å². The molecule has 1 aliphatic rings. The number of hydrogen-bond donors (Lipinski definition) is 1. The van der Waals surface area contributed by atoms with Crippen LogP contribution in [0, 0.1) is 13.8 Å². The summed E-state index contributed by atoms with van der Waals surface area (Å²) in [6, 6.07) is 50.9. The highest BCUT2D eigenvalue weighted by atomic mass is 16.3. The Morgan fingerprint density at radius 3 is 2.20 bits per heavy atom. The third kappa shape index (κ3) is 5.92. The van der Waals surface area contributed by atoms with Gasteiger partial charge in [0.05, 0.1) is 28.1 Å². The second-order valence-electron chi connectivity index (χ2n) is 16.0. The third-order valence-corrected chi connectivity index (χ3v) is 12.0. The maximum atomic E-state index is 7.32. The van der Waals surface area contributed by atoms with E-state index >= 15 is 0 Å². The summed E-state index contributed by atoms with van der Waals surface area (Å²) in [5.41, 5.74) is 21.8. The average molecular weight is 779 g/mol. The molecule has 0 fully saturated rings. The van der Waals surface area contributed by atoms with Crippen LogP contribution in [0.4, 0.5) is 0 Å². The SMILES string of the molecule is Cc1ccc(C(=N/C(C)c2ccc(C)cc2)/N=C(\N)n2c3ccccc3c3ccc4c5ccccc5n(-c5ccc6oc(-c7ccc8c(c7)C=CCC8)nc6c5)c4c32)cc1. The smallest absolute Gasteiger partial charge is 0.227 e. The molecule has 0 radical (unpaired) electrons. The fourth-order valence-electron chi connectivity index (χ4n) is 8.88. The number of nitrogens with zero attached hydrogens (tertiary/aromatic N) is 5. The van der Waals surface area contributed by atoms with Crippen LogP contribution in [0.3, 0.4) is 0 Å². The molecule has 11 rings (SSSR count). The number of aliphatic imine (C=N–C) groups is 2. The van der Waals surface area contributed by atoms with Crippen LogP contribution in [0.25, 0.3) is 77.9 Å². The Bertz CT molecular complexity index is 3410. The molecule has 60 heavy (non-hydrogen) atoms. The molecule has 1 unspecified atom stereocenters. The Balaban J connectivity index is 1.14. The fourth-order valence-corrected chi connectivity index (χ4v) is 8.88. The van der Waals surface area contributed by atoms with Gasteiger partial charge in [0, 0.05) is 38.4 Å². The number of aromatic nitrogens is 3. The van der Waals surface area contributed by atoms with Crippen molar-refractivity contribution in [2.45, 2.75) is 39.7 Å². The molecule has 3 heterocycles. The molecular weight excluding hydrogens is 737 g/mol. The van der Waals surface area contributed by atoms with Crippen LogP contribution in [0.1, 0.15) is 52.8 Å². The molecule has 0 spiro atoms. The first-order valence-corrected chi connectivity index (χ1v) is 20.6. The molecule has 7 heteroatoms. The third-order valence-electron chi connectivity index (χ3n) is 12.0. The zero-order valence-electron chi connectivity index (χ0n) is 33.7. The van der Waals surface area contributed by atoms with Crippen LogP contribution in [0.5, 0.6) is 0 Å². The van der Waals surface area contributed by atoms with Crippen molar-refractivity contribution in [1.29, 1.82) is 0 Å². The maximum Gasteiger partial charge on any atom is 0.227 e. The Hall–Kier alpha value is -7.51. The molecule has 1 aliphatic carbocycles. The lowest BCUT2D eigenvalue weighted by molar-refractivity contribution is 0.619. The normalized spacial score (nSPS) is 13.9. The highest BCUT2D eigenvalue weighted by Gasteiger charge is 2.23. The van der Waals surface area contributed by atoms with E-state index in [0.29, 0.717) is 17.7 Å². The molecule has 2 N–H and O–H groups in total. The first kappa shape index (κ1) is 35.6. The molecule has 0 saturated carbocycles. The van der Waals surface area contributed by atoms with Gasteiger partial charge in [0.25, 0.3) is 0 Å². The van der Waals surface area contributed by atoms with E-state index in [4.69, 9.17) is 25.1 Å². The number of aryl methyl sites for hydroxylation is 3. The van der Waals surface area contributed by atoms with E-state index in [1.165, 1.54) is 16.7 Å². The zero-order valence-corrected chi connectivity index (χ0v) is 33.7. The Labute approximate surface area is 347 Å². The zero-order chi connectivity index (χ0) is 40.5. The van der Waals surface area contributed by atoms with Crippen molar-refractivity contribution in [3.05, 3.63) is 185 Å². The first-order chi connectivity index (χ1) is 29.4. The summed E-state index contributed by atoms with van der Waals surface area (Å²) < 4.78 is 10.8. The van der Waals surface area contributed by atoms with Gasteiger partial charge in [0.15, 0.2) is 11.4 Å². The Kier molecular flexibility index (Phi) is 8.37. The monoisotopic (exact) mass is 778 g/mol. The molecule has 7 aromatic carbocycles. The number of para-hydroxylation sites is 2. The Morgan fingerprint density at radius 1 is 0.717 bits per heavy atom. The number of nitrogens with two attached hydrogens (primary N) is 1. The van der Waals surface area contributed by atoms with Gasteiger partial charge in [0.2, 0.25) is 11.9 Å². The lowest BCUT2D eigenvalue weighted by atomic mass is 9.95. The number of benzene rings is 7. The summed E-state index contributed by atoms with van der Waals surface area (Å²) >= 11 is 0. The lowest BCUT2D eigenvalue weighted by Gasteiger charge is -2.14. The number of hydrogen-bond acceptors (Lipinski definition) is 3. The van der Waals surface area contributed by atoms with Crippen molar-refractivity contribution in [2.75, 3.05) is 0 Å². The van der Waals surface area contributed by atoms with Crippen molar-refractivity contribution < 1.29 is 4.42 Å². The summed E-state index contributed by atoms with van der Waals surface area (Å²) in [7, 11) is 0. The molecule has 7 nitrogen and oxygen atoms in total. The summed E-state index contributed by atoms with van der Waals surface area (Å²) in [5.74, 6) is 1.51. The van der Waals surface area contributed by atoms with Crippen LogP contribution in [0.2, 0.25) is 0 Å². The van der Waals surface area contributed by atoms with Gasteiger partial charge < -0.3 is 14.7 Å². The summed E-state index contributed by atoms with van der Waals surface area (Å²) in [5, 5.41) is 4.41. The minimum Gasteiger partial charge on any atom is -0.436 e. The highest BCUT2D eigenvalue weighted by Crippen LogP contribution is 2.41. The van der Waals surface area contributed by atoms with Gasteiger partial charge in [-0.3, -0.25) is 9.56 Å². The summed E-state index contributed by atoms with van der Waals surface area (Å²) in [6.07, 6.45) is 6.56. The molecule has 0 saturated heterocycles.